The molecule has 0 aromatic carbocycles. The molecule has 0 spiro atoms. The smallest absolute Gasteiger partial charge is 0.264 e. The van der Waals surface area contributed by atoms with Gasteiger partial charge in [0, 0.05) is 38.7 Å². The minimum Gasteiger partial charge on any atom is -0.396 e. The van der Waals surface area contributed by atoms with E-state index < -0.39 is 0 Å². The van der Waals surface area contributed by atoms with E-state index in [4.69, 9.17) is 5.11 Å². The van der Waals surface area contributed by atoms with E-state index in [9.17, 15) is 14.7 Å². The number of likely N-dealkylation sites (tertiary alicyclic amines) is 1. The molecule has 8 nitrogen and oxygen atoms in total. The summed E-state index contributed by atoms with van der Waals surface area (Å²) in [7, 11) is 1.92. The number of hydrogen-bond donors (Lipinski definition) is 3. The van der Waals surface area contributed by atoms with Crippen molar-refractivity contribution in [2.45, 2.75) is 6.92 Å². The summed E-state index contributed by atoms with van der Waals surface area (Å²) in [5, 5.41) is 19.2. The number of amides is 1. The Labute approximate surface area is 155 Å². The van der Waals surface area contributed by atoms with Crippen LogP contribution in [-0.4, -0.2) is 82.3 Å². The van der Waals surface area contributed by atoms with Gasteiger partial charge in [0.05, 0.1) is 23.2 Å². The maximum atomic E-state index is 13.0. The van der Waals surface area contributed by atoms with Gasteiger partial charge in [0.15, 0.2) is 0 Å². The van der Waals surface area contributed by atoms with Crippen LogP contribution in [0.3, 0.4) is 0 Å². The second-order valence-corrected chi connectivity index (χ2v) is 7.87. The molecule has 1 aliphatic heterocycles. The molecule has 9 heteroatoms. The molecule has 1 fully saturated rings. The van der Waals surface area contributed by atoms with E-state index in [1.54, 1.807) is 11.8 Å². The van der Waals surface area contributed by atoms with Crippen molar-refractivity contribution >= 4 is 27.5 Å². The predicted molar refractivity (Wildman–Crippen MR) is 99.5 cm³/mol. The number of hydrogen-bond acceptors (Lipinski definition) is 7. The Morgan fingerprint density at radius 2 is 2.15 bits per heavy atom. The summed E-state index contributed by atoms with van der Waals surface area (Å²) in [6.07, 6.45) is 1.35. The molecule has 26 heavy (non-hydrogen) atoms. The summed E-state index contributed by atoms with van der Waals surface area (Å²) in [6, 6.07) is 0. The van der Waals surface area contributed by atoms with Crippen LogP contribution in [0, 0.1) is 18.8 Å². The Morgan fingerprint density at radius 3 is 2.81 bits per heavy atom. The third-order valence-electron chi connectivity index (χ3n) is 5.05. The number of carbonyl (C=O) groups excluding carboxylic acids is 1. The molecule has 0 radical (unpaired) electrons. The standard InChI is InChI=1S/C17H24N4O4S/c1-10-13-15(24)18-9-19-16(13)26-14(10)17(25)21-6-11(12(7-21)8-23)5-20(2)3-4-22/h9,11-12,22-23H,3-8H2,1-2H3,(H,18,19,24)/t11-,12-/m1/s1. The lowest BCUT2D eigenvalue weighted by atomic mass is 9.96. The number of nitrogens with one attached hydrogen (secondary N) is 1. The van der Waals surface area contributed by atoms with Crippen molar-refractivity contribution in [1.29, 1.82) is 0 Å². The van der Waals surface area contributed by atoms with Crippen LogP contribution in [0.4, 0.5) is 0 Å². The maximum Gasteiger partial charge on any atom is 0.264 e. The molecule has 2 aromatic heterocycles. The zero-order chi connectivity index (χ0) is 18.8. The largest absolute Gasteiger partial charge is 0.396 e. The monoisotopic (exact) mass is 380 g/mol. The number of aromatic amines is 1. The zero-order valence-corrected chi connectivity index (χ0v) is 15.8. The highest BCUT2D eigenvalue weighted by Gasteiger charge is 2.36. The highest BCUT2D eigenvalue weighted by molar-refractivity contribution is 7.20. The van der Waals surface area contributed by atoms with Gasteiger partial charge >= 0.3 is 0 Å². The van der Waals surface area contributed by atoms with Gasteiger partial charge in [0.2, 0.25) is 0 Å². The van der Waals surface area contributed by atoms with Gasteiger partial charge in [0.25, 0.3) is 11.5 Å². The Balaban J connectivity index is 1.81. The van der Waals surface area contributed by atoms with Gasteiger partial charge in [0.1, 0.15) is 4.83 Å². The van der Waals surface area contributed by atoms with E-state index in [2.05, 4.69) is 9.97 Å². The molecule has 1 saturated heterocycles. The molecule has 2 atom stereocenters. The van der Waals surface area contributed by atoms with Crippen LogP contribution in [0.25, 0.3) is 10.2 Å². The van der Waals surface area contributed by atoms with E-state index in [0.717, 1.165) is 0 Å². The molecular weight excluding hydrogens is 356 g/mol. The van der Waals surface area contributed by atoms with Crippen LogP contribution >= 0.6 is 11.3 Å². The SMILES string of the molecule is Cc1c(C(=O)N2C[C@@H](CN(C)CCO)[C@@H](CO)C2)sc2nc[nH]c(=O)c12. The summed E-state index contributed by atoms with van der Waals surface area (Å²) in [5.74, 6) is 0.0451. The fraction of sp³-hybridized carbons (Fsp3) is 0.588. The van der Waals surface area contributed by atoms with Gasteiger partial charge in [-0.3, -0.25) is 9.59 Å². The Bertz CT molecular complexity index is 849. The quantitative estimate of drug-likeness (QED) is 0.646. The van der Waals surface area contributed by atoms with Gasteiger partial charge in [-0.05, 0) is 25.5 Å². The van der Waals surface area contributed by atoms with Crippen molar-refractivity contribution in [3.8, 4) is 0 Å². The van der Waals surface area contributed by atoms with Gasteiger partial charge in [-0.25, -0.2) is 4.98 Å². The van der Waals surface area contributed by atoms with E-state index in [1.807, 2.05) is 11.9 Å². The molecule has 1 amide bonds. The molecule has 3 heterocycles. The van der Waals surface area contributed by atoms with Gasteiger partial charge < -0.3 is 25.0 Å². The number of nitrogens with zero attached hydrogens (tertiary/aromatic N) is 3. The number of aliphatic hydroxyl groups excluding tert-OH is 2. The first-order valence-corrected chi connectivity index (χ1v) is 9.44. The summed E-state index contributed by atoms with van der Waals surface area (Å²) < 4.78 is 0. The molecule has 0 saturated carbocycles. The van der Waals surface area contributed by atoms with Crippen molar-refractivity contribution in [3.05, 3.63) is 27.1 Å². The topological polar surface area (TPSA) is 110 Å². The lowest BCUT2D eigenvalue weighted by molar-refractivity contribution is 0.0783. The molecule has 0 bridgehead atoms. The molecule has 0 aliphatic carbocycles. The molecule has 0 unspecified atom stereocenters. The molecule has 3 N–H and O–H groups in total. The maximum absolute atomic E-state index is 13.0. The van der Waals surface area contributed by atoms with Crippen LogP contribution in [0.1, 0.15) is 15.2 Å². The second kappa shape index (κ2) is 7.83. The Kier molecular flexibility index (Phi) is 5.71. The molecule has 1 aliphatic rings. The summed E-state index contributed by atoms with van der Waals surface area (Å²) in [5.41, 5.74) is 0.423. The molecule has 2 aromatic rings. The number of aromatic nitrogens is 2. The zero-order valence-electron chi connectivity index (χ0n) is 14.9. The first kappa shape index (κ1) is 19.0. The number of thiophene rings is 1. The number of H-pyrrole nitrogens is 1. The second-order valence-electron chi connectivity index (χ2n) is 6.87. The minimum atomic E-state index is -0.235. The fourth-order valence-corrected chi connectivity index (χ4v) is 4.72. The van der Waals surface area contributed by atoms with E-state index in [0.29, 0.717) is 46.8 Å². The number of aliphatic hydroxyl groups is 2. The third-order valence-corrected chi connectivity index (χ3v) is 6.24. The van der Waals surface area contributed by atoms with Crippen molar-refractivity contribution in [2.24, 2.45) is 11.8 Å². The van der Waals surface area contributed by atoms with Crippen molar-refractivity contribution < 1.29 is 15.0 Å². The van der Waals surface area contributed by atoms with Crippen molar-refractivity contribution in [3.63, 3.8) is 0 Å². The predicted octanol–water partition coefficient (Wildman–Crippen LogP) is -0.102. The highest BCUT2D eigenvalue weighted by atomic mass is 32.1. The van der Waals surface area contributed by atoms with Crippen LogP contribution in [0.15, 0.2) is 11.1 Å². The average molecular weight is 380 g/mol. The molecule has 3 rings (SSSR count). The first-order chi connectivity index (χ1) is 12.5. The highest BCUT2D eigenvalue weighted by Crippen LogP contribution is 2.31. The average Bonchev–Trinajstić information content (AvgIpc) is 3.16. The number of carbonyl (C=O) groups is 1. The molecule has 142 valence electrons. The molecular formula is C17H24N4O4S. The lowest BCUT2D eigenvalue weighted by Crippen LogP contribution is -2.33. The third kappa shape index (κ3) is 3.52. The van der Waals surface area contributed by atoms with Gasteiger partial charge in [-0.15, -0.1) is 11.3 Å². The number of aryl methyl sites for hydroxylation is 1. The van der Waals surface area contributed by atoms with E-state index in [1.165, 1.54) is 17.7 Å². The minimum absolute atomic E-state index is 0.0105. The van der Waals surface area contributed by atoms with Crippen LogP contribution < -0.4 is 5.56 Å². The van der Waals surface area contributed by atoms with Crippen LogP contribution in [-0.2, 0) is 0 Å². The van der Waals surface area contributed by atoms with Crippen molar-refractivity contribution in [1.82, 2.24) is 19.8 Å². The summed E-state index contributed by atoms with van der Waals surface area (Å²) >= 11 is 1.24. The normalized spacial score (nSPS) is 20.4. The fourth-order valence-electron chi connectivity index (χ4n) is 3.61. The van der Waals surface area contributed by atoms with Gasteiger partial charge in [-0.1, -0.05) is 0 Å². The number of fused-ring (bicyclic) bond motifs is 1. The van der Waals surface area contributed by atoms with Crippen LogP contribution in [0.2, 0.25) is 0 Å². The van der Waals surface area contributed by atoms with E-state index in [-0.39, 0.29) is 36.5 Å². The first-order valence-electron chi connectivity index (χ1n) is 8.62. The van der Waals surface area contributed by atoms with E-state index >= 15 is 0 Å². The summed E-state index contributed by atoms with van der Waals surface area (Å²) in [4.78, 5) is 36.6. The van der Waals surface area contributed by atoms with Crippen molar-refractivity contribution in [2.75, 3.05) is 46.4 Å². The Morgan fingerprint density at radius 1 is 1.42 bits per heavy atom. The Hall–Kier alpha value is -1.81. The van der Waals surface area contributed by atoms with Crippen LogP contribution in [0.5, 0.6) is 0 Å². The van der Waals surface area contributed by atoms with Gasteiger partial charge in [-0.2, -0.15) is 0 Å². The summed E-state index contributed by atoms with van der Waals surface area (Å²) in [6.45, 7) is 4.19. The number of likely N-dealkylation sites (N-methyl/N-ethyl adjacent to an activating group) is 1. The lowest BCUT2D eigenvalue weighted by Gasteiger charge is -2.23. The number of rotatable bonds is 6.